The molecule has 1 amide bonds. The molecule has 7 nitrogen and oxygen atoms in total. The number of carboxylic acids is 1. The summed E-state index contributed by atoms with van der Waals surface area (Å²) in [5, 5.41) is 19.6. The molecule has 2 rings (SSSR count). The van der Waals surface area contributed by atoms with Gasteiger partial charge in [-0.1, -0.05) is 42.5 Å². The normalized spacial score (nSPS) is 13.4. The molecule has 1 atom stereocenters. The third kappa shape index (κ3) is 3.49. The van der Waals surface area contributed by atoms with Crippen molar-refractivity contribution in [3.63, 3.8) is 0 Å². The quantitative estimate of drug-likeness (QED) is 0.838. The molecule has 1 aromatic carbocycles. The predicted molar refractivity (Wildman–Crippen MR) is 79.9 cm³/mol. The van der Waals surface area contributed by atoms with Gasteiger partial charge in [-0.25, -0.2) is 9.48 Å². The predicted octanol–water partition coefficient (Wildman–Crippen LogP) is 1.31. The second-order valence-corrected chi connectivity index (χ2v) is 5.21. The molecule has 1 unspecified atom stereocenters. The summed E-state index contributed by atoms with van der Waals surface area (Å²) in [6.45, 7) is 3.10. The third-order valence-electron chi connectivity index (χ3n) is 3.51. The van der Waals surface area contributed by atoms with Crippen LogP contribution in [-0.2, 0) is 16.1 Å². The molecule has 0 bridgehead atoms. The number of hydrogen-bond donors (Lipinski definition) is 2. The molecule has 1 aromatic heterocycles. The highest BCUT2D eigenvalue weighted by atomic mass is 16.4. The van der Waals surface area contributed by atoms with Gasteiger partial charge in [0, 0.05) is 5.56 Å². The first kappa shape index (κ1) is 15.7. The number of amides is 1. The summed E-state index contributed by atoms with van der Waals surface area (Å²) < 4.78 is 1.38. The zero-order valence-corrected chi connectivity index (χ0v) is 12.5. The Hall–Kier alpha value is -2.70. The van der Waals surface area contributed by atoms with E-state index in [0.29, 0.717) is 12.1 Å². The minimum Gasteiger partial charge on any atom is -0.480 e. The average molecular weight is 302 g/mol. The van der Waals surface area contributed by atoms with E-state index in [2.05, 4.69) is 15.6 Å². The van der Waals surface area contributed by atoms with Crippen LogP contribution in [0, 0.1) is 0 Å². The van der Waals surface area contributed by atoms with Crippen LogP contribution < -0.4 is 5.32 Å². The molecule has 0 aliphatic heterocycles. The number of aromatic nitrogens is 3. The SMILES string of the molecule is CCC(C)(NC(=O)Cn1cc(-c2ccccc2)nn1)C(=O)O. The van der Waals surface area contributed by atoms with Crippen molar-refractivity contribution in [1.82, 2.24) is 20.3 Å². The van der Waals surface area contributed by atoms with Gasteiger partial charge in [-0.05, 0) is 13.3 Å². The van der Waals surface area contributed by atoms with Crippen LogP contribution >= 0.6 is 0 Å². The van der Waals surface area contributed by atoms with Gasteiger partial charge in [0.15, 0.2) is 0 Å². The van der Waals surface area contributed by atoms with Crippen molar-refractivity contribution in [3.05, 3.63) is 36.5 Å². The van der Waals surface area contributed by atoms with E-state index >= 15 is 0 Å². The van der Waals surface area contributed by atoms with Gasteiger partial charge < -0.3 is 10.4 Å². The van der Waals surface area contributed by atoms with Crippen molar-refractivity contribution in [2.24, 2.45) is 0 Å². The number of carbonyl (C=O) groups is 2. The Morgan fingerprint density at radius 3 is 2.59 bits per heavy atom. The number of aliphatic carboxylic acids is 1. The van der Waals surface area contributed by atoms with Crippen molar-refractivity contribution < 1.29 is 14.7 Å². The third-order valence-corrected chi connectivity index (χ3v) is 3.51. The van der Waals surface area contributed by atoms with Gasteiger partial charge in [0.05, 0.1) is 6.20 Å². The molecule has 0 aliphatic rings. The van der Waals surface area contributed by atoms with Gasteiger partial charge >= 0.3 is 5.97 Å². The summed E-state index contributed by atoms with van der Waals surface area (Å²) in [5.74, 6) is -1.48. The standard InChI is InChI=1S/C15H18N4O3/c1-3-15(2,14(21)22)16-13(20)10-19-9-12(17-18-19)11-7-5-4-6-8-11/h4-9H,3,10H2,1-2H3,(H,16,20)(H,21,22). The molecule has 0 saturated carbocycles. The summed E-state index contributed by atoms with van der Waals surface area (Å²) in [6, 6.07) is 9.47. The average Bonchev–Trinajstić information content (AvgIpc) is 2.96. The molecule has 116 valence electrons. The van der Waals surface area contributed by atoms with Crippen LogP contribution in [0.4, 0.5) is 0 Å². The Bertz CT molecular complexity index is 668. The first-order valence-corrected chi connectivity index (χ1v) is 6.94. The first-order valence-electron chi connectivity index (χ1n) is 6.94. The Balaban J connectivity index is 2.04. The lowest BCUT2D eigenvalue weighted by molar-refractivity contribution is -0.147. The number of carboxylic acid groups (broad SMARTS) is 1. The van der Waals surface area contributed by atoms with Crippen LogP contribution in [0.15, 0.2) is 36.5 Å². The van der Waals surface area contributed by atoms with Crippen molar-refractivity contribution in [3.8, 4) is 11.3 Å². The molecule has 0 spiro atoms. The smallest absolute Gasteiger partial charge is 0.329 e. The molecular formula is C15H18N4O3. The van der Waals surface area contributed by atoms with Crippen molar-refractivity contribution in [2.45, 2.75) is 32.4 Å². The number of hydrogen-bond acceptors (Lipinski definition) is 4. The van der Waals surface area contributed by atoms with E-state index in [1.54, 1.807) is 13.1 Å². The van der Waals surface area contributed by atoms with Crippen LogP contribution in [0.2, 0.25) is 0 Å². The molecule has 7 heteroatoms. The largest absolute Gasteiger partial charge is 0.480 e. The molecular weight excluding hydrogens is 284 g/mol. The molecule has 0 saturated heterocycles. The van der Waals surface area contributed by atoms with Crippen LogP contribution in [-0.4, -0.2) is 37.5 Å². The topological polar surface area (TPSA) is 97.1 Å². The van der Waals surface area contributed by atoms with Gasteiger partial charge in [-0.2, -0.15) is 0 Å². The van der Waals surface area contributed by atoms with Gasteiger partial charge in [0.1, 0.15) is 17.8 Å². The fraction of sp³-hybridized carbons (Fsp3) is 0.333. The second kappa shape index (κ2) is 6.38. The maximum atomic E-state index is 12.0. The highest BCUT2D eigenvalue weighted by molar-refractivity contribution is 5.86. The van der Waals surface area contributed by atoms with E-state index in [-0.39, 0.29) is 6.54 Å². The van der Waals surface area contributed by atoms with Crippen molar-refractivity contribution in [2.75, 3.05) is 0 Å². The maximum absolute atomic E-state index is 12.0. The minimum atomic E-state index is -1.28. The molecule has 1 heterocycles. The molecule has 0 radical (unpaired) electrons. The minimum absolute atomic E-state index is 0.0807. The molecule has 22 heavy (non-hydrogen) atoms. The Morgan fingerprint density at radius 2 is 2.00 bits per heavy atom. The van der Waals surface area contributed by atoms with Crippen LogP contribution in [0.25, 0.3) is 11.3 Å². The van der Waals surface area contributed by atoms with Crippen molar-refractivity contribution >= 4 is 11.9 Å². The van der Waals surface area contributed by atoms with E-state index < -0.39 is 17.4 Å². The molecule has 2 N–H and O–H groups in total. The Morgan fingerprint density at radius 1 is 1.32 bits per heavy atom. The summed E-state index contributed by atoms with van der Waals surface area (Å²) in [4.78, 5) is 23.2. The number of nitrogens with one attached hydrogen (secondary N) is 1. The summed E-state index contributed by atoms with van der Waals surface area (Å²) in [6.07, 6.45) is 1.94. The molecule has 0 fully saturated rings. The fourth-order valence-electron chi connectivity index (χ4n) is 1.90. The Labute approximate surface area is 128 Å². The van der Waals surface area contributed by atoms with Crippen LogP contribution in [0.5, 0.6) is 0 Å². The van der Waals surface area contributed by atoms with E-state index in [1.807, 2.05) is 30.3 Å². The second-order valence-electron chi connectivity index (χ2n) is 5.21. The number of rotatable bonds is 6. The summed E-state index contributed by atoms with van der Waals surface area (Å²) in [7, 11) is 0. The lowest BCUT2D eigenvalue weighted by atomic mass is 9.99. The van der Waals surface area contributed by atoms with Gasteiger partial charge in [0.25, 0.3) is 0 Å². The highest BCUT2D eigenvalue weighted by Crippen LogP contribution is 2.15. The zero-order valence-electron chi connectivity index (χ0n) is 12.5. The van der Waals surface area contributed by atoms with Crippen LogP contribution in [0.1, 0.15) is 20.3 Å². The number of benzene rings is 1. The van der Waals surface area contributed by atoms with E-state index in [0.717, 1.165) is 5.56 Å². The monoisotopic (exact) mass is 302 g/mol. The van der Waals surface area contributed by atoms with E-state index in [4.69, 9.17) is 5.11 Å². The first-order chi connectivity index (χ1) is 10.4. The van der Waals surface area contributed by atoms with Gasteiger partial charge in [-0.15, -0.1) is 5.10 Å². The zero-order chi connectivity index (χ0) is 16.2. The van der Waals surface area contributed by atoms with E-state index in [1.165, 1.54) is 11.6 Å². The fourth-order valence-corrected chi connectivity index (χ4v) is 1.90. The highest BCUT2D eigenvalue weighted by Gasteiger charge is 2.32. The number of carbonyl (C=O) groups excluding carboxylic acids is 1. The van der Waals surface area contributed by atoms with Crippen molar-refractivity contribution in [1.29, 1.82) is 0 Å². The summed E-state index contributed by atoms with van der Waals surface area (Å²) in [5.41, 5.74) is 0.280. The molecule has 2 aromatic rings. The Kier molecular flexibility index (Phi) is 4.55. The van der Waals surface area contributed by atoms with E-state index in [9.17, 15) is 9.59 Å². The van der Waals surface area contributed by atoms with Gasteiger partial charge in [0.2, 0.25) is 5.91 Å². The van der Waals surface area contributed by atoms with Crippen LogP contribution in [0.3, 0.4) is 0 Å². The van der Waals surface area contributed by atoms with Gasteiger partial charge in [-0.3, -0.25) is 4.79 Å². The lowest BCUT2D eigenvalue weighted by Gasteiger charge is -2.24. The maximum Gasteiger partial charge on any atom is 0.329 e. The number of nitrogens with zero attached hydrogens (tertiary/aromatic N) is 3. The molecule has 0 aliphatic carbocycles. The summed E-state index contributed by atoms with van der Waals surface area (Å²) >= 11 is 0. The lowest BCUT2D eigenvalue weighted by Crippen LogP contribution is -2.52.